The molecule has 122 valence electrons. The largest absolute Gasteiger partial charge is 0.392 e. The quantitative estimate of drug-likeness (QED) is 0.592. The maximum Gasteiger partial charge on any atom is 0.0971 e. The fourth-order valence-electron chi connectivity index (χ4n) is 2.25. The Balaban J connectivity index is 1.91. The van der Waals surface area contributed by atoms with Crippen LogP contribution in [0.25, 0.3) is 0 Å². The van der Waals surface area contributed by atoms with E-state index in [1.54, 1.807) is 60.7 Å². The first-order chi connectivity index (χ1) is 11.1. The number of rotatable bonds is 7. The van der Waals surface area contributed by atoms with Gasteiger partial charge in [0.2, 0.25) is 0 Å². The van der Waals surface area contributed by atoms with Crippen LogP contribution in [0.3, 0.4) is 0 Å². The summed E-state index contributed by atoms with van der Waals surface area (Å²) in [6.45, 7) is -0.0367. The van der Waals surface area contributed by atoms with Crippen LogP contribution in [0.4, 0.5) is 0 Å². The molecule has 0 aliphatic carbocycles. The van der Waals surface area contributed by atoms with Crippen LogP contribution in [-0.2, 0) is 13.2 Å². The first kappa shape index (κ1) is 17.4. The van der Waals surface area contributed by atoms with Gasteiger partial charge in [-0.15, -0.1) is 0 Å². The third-order valence-electron chi connectivity index (χ3n) is 3.73. The zero-order chi connectivity index (χ0) is 16.7. The molecule has 2 aromatic carbocycles. The fraction of sp³-hybridized carbons (Fsp3) is 0.263. The summed E-state index contributed by atoms with van der Waals surface area (Å²) < 4.78 is 0. The lowest BCUT2D eigenvalue weighted by Gasteiger charge is -2.10. The van der Waals surface area contributed by atoms with Crippen molar-refractivity contribution < 1.29 is 20.4 Å². The van der Waals surface area contributed by atoms with Gasteiger partial charge in [0.25, 0.3) is 0 Å². The van der Waals surface area contributed by atoms with E-state index in [-0.39, 0.29) is 13.2 Å². The molecular weight excluding hydrogens is 292 g/mol. The normalized spacial score (nSPS) is 14.1. The van der Waals surface area contributed by atoms with Gasteiger partial charge in [0.05, 0.1) is 25.4 Å². The standard InChI is InChI=1S/C19H22O4/c20-12-14-4-8-16(9-5-14)18(22)2-1-3-19(23)17-10-6-15(13-21)7-11-17/h1-2,4-11,18-23H,3,12-13H2/b2-1+. The van der Waals surface area contributed by atoms with Gasteiger partial charge in [0.15, 0.2) is 0 Å². The molecule has 4 N–H and O–H groups in total. The van der Waals surface area contributed by atoms with Crippen molar-refractivity contribution in [2.24, 2.45) is 0 Å². The number of aliphatic hydroxyl groups is 4. The molecule has 0 heterocycles. The first-order valence-electron chi connectivity index (χ1n) is 7.56. The third-order valence-corrected chi connectivity index (χ3v) is 3.73. The molecule has 0 radical (unpaired) electrons. The summed E-state index contributed by atoms with van der Waals surface area (Å²) >= 11 is 0. The van der Waals surface area contributed by atoms with E-state index in [1.807, 2.05) is 0 Å². The SMILES string of the molecule is OCc1ccc(C(O)/C=C/CC(O)c2ccc(CO)cc2)cc1. The van der Waals surface area contributed by atoms with E-state index in [0.29, 0.717) is 6.42 Å². The van der Waals surface area contributed by atoms with E-state index in [0.717, 1.165) is 22.3 Å². The predicted octanol–water partition coefficient (Wildman–Crippen LogP) is 2.38. The summed E-state index contributed by atoms with van der Waals surface area (Å²) in [6.07, 6.45) is 2.38. The van der Waals surface area contributed by atoms with Gasteiger partial charge < -0.3 is 20.4 Å². The van der Waals surface area contributed by atoms with E-state index in [1.165, 1.54) is 0 Å². The van der Waals surface area contributed by atoms with E-state index in [9.17, 15) is 10.2 Å². The molecule has 2 atom stereocenters. The number of hydrogen-bond donors (Lipinski definition) is 4. The zero-order valence-corrected chi connectivity index (χ0v) is 12.8. The highest BCUT2D eigenvalue weighted by Gasteiger charge is 2.07. The van der Waals surface area contributed by atoms with Crippen LogP contribution in [0.15, 0.2) is 60.7 Å². The van der Waals surface area contributed by atoms with Gasteiger partial charge in [0.1, 0.15) is 0 Å². The van der Waals surface area contributed by atoms with Crippen LogP contribution in [-0.4, -0.2) is 20.4 Å². The number of aliphatic hydroxyl groups excluding tert-OH is 4. The van der Waals surface area contributed by atoms with Gasteiger partial charge in [-0.05, 0) is 28.7 Å². The second-order valence-electron chi connectivity index (χ2n) is 5.42. The van der Waals surface area contributed by atoms with Gasteiger partial charge in [-0.3, -0.25) is 0 Å². The summed E-state index contributed by atoms with van der Waals surface area (Å²) in [5.74, 6) is 0. The second kappa shape index (κ2) is 8.60. The maximum atomic E-state index is 10.1. The highest BCUT2D eigenvalue weighted by molar-refractivity contribution is 5.27. The van der Waals surface area contributed by atoms with Crippen molar-refractivity contribution in [3.05, 3.63) is 82.9 Å². The van der Waals surface area contributed by atoms with Gasteiger partial charge in [-0.1, -0.05) is 60.7 Å². The summed E-state index contributed by atoms with van der Waals surface area (Å²) in [5.41, 5.74) is 3.11. The molecule has 2 aromatic rings. The molecule has 4 nitrogen and oxygen atoms in total. The van der Waals surface area contributed by atoms with Crippen LogP contribution in [0.1, 0.15) is 40.9 Å². The van der Waals surface area contributed by atoms with Crippen LogP contribution in [0.5, 0.6) is 0 Å². The predicted molar refractivity (Wildman–Crippen MR) is 88.4 cm³/mol. The number of hydrogen-bond acceptors (Lipinski definition) is 4. The van der Waals surface area contributed by atoms with Crippen molar-refractivity contribution in [1.29, 1.82) is 0 Å². The minimum Gasteiger partial charge on any atom is -0.392 e. The second-order valence-corrected chi connectivity index (χ2v) is 5.42. The van der Waals surface area contributed by atoms with E-state index < -0.39 is 12.2 Å². The molecule has 0 bridgehead atoms. The lowest BCUT2D eigenvalue weighted by Crippen LogP contribution is -1.97. The Morgan fingerprint density at radius 3 is 1.70 bits per heavy atom. The van der Waals surface area contributed by atoms with E-state index >= 15 is 0 Å². The Labute approximate surface area is 136 Å². The molecule has 0 amide bonds. The average Bonchev–Trinajstić information content (AvgIpc) is 2.61. The summed E-state index contributed by atoms with van der Waals surface area (Å²) in [6, 6.07) is 14.2. The van der Waals surface area contributed by atoms with Gasteiger partial charge >= 0.3 is 0 Å². The lowest BCUT2D eigenvalue weighted by atomic mass is 10.0. The van der Waals surface area contributed by atoms with E-state index in [4.69, 9.17) is 10.2 Å². The van der Waals surface area contributed by atoms with Crippen molar-refractivity contribution >= 4 is 0 Å². The Hall–Kier alpha value is -1.98. The fourth-order valence-corrected chi connectivity index (χ4v) is 2.25. The molecule has 23 heavy (non-hydrogen) atoms. The summed E-state index contributed by atoms with van der Waals surface area (Å²) in [4.78, 5) is 0. The highest BCUT2D eigenvalue weighted by atomic mass is 16.3. The Kier molecular flexibility index (Phi) is 6.50. The van der Waals surface area contributed by atoms with Crippen molar-refractivity contribution in [2.75, 3.05) is 0 Å². The van der Waals surface area contributed by atoms with Crippen LogP contribution in [0.2, 0.25) is 0 Å². The zero-order valence-electron chi connectivity index (χ0n) is 12.8. The van der Waals surface area contributed by atoms with Crippen molar-refractivity contribution in [2.45, 2.75) is 31.8 Å². The van der Waals surface area contributed by atoms with Crippen molar-refractivity contribution in [3.63, 3.8) is 0 Å². The van der Waals surface area contributed by atoms with Crippen LogP contribution >= 0.6 is 0 Å². The molecule has 0 saturated heterocycles. The molecule has 0 spiro atoms. The Morgan fingerprint density at radius 2 is 1.22 bits per heavy atom. The topological polar surface area (TPSA) is 80.9 Å². The van der Waals surface area contributed by atoms with Crippen molar-refractivity contribution in [3.8, 4) is 0 Å². The van der Waals surface area contributed by atoms with E-state index in [2.05, 4.69) is 0 Å². The van der Waals surface area contributed by atoms with Gasteiger partial charge in [-0.2, -0.15) is 0 Å². The van der Waals surface area contributed by atoms with Crippen LogP contribution < -0.4 is 0 Å². The first-order valence-corrected chi connectivity index (χ1v) is 7.56. The number of benzene rings is 2. The molecule has 2 rings (SSSR count). The van der Waals surface area contributed by atoms with Crippen molar-refractivity contribution in [1.82, 2.24) is 0 Å². The third kappa shape index (κ3) is 5.01. The van der Waals surface area contributed by atoms with Gasteiger partial charge in [0, 0.05) is 0 Å². The maximum absolute atomic E-state index is 10.1. The molecule has 0 aliphatic heterocycles. The molecule has 4 heteroatoms. The highest BCUT2D eigenvalue weighted by Crippen LogP contribution is 2.20. The Morgan fingerprint density at radius 1 is 0.739 bits per heavy atom. The smallest absolute Gasteiger partial charge is 0.0971 e. The summed E-state index contributed by atoms with van der Waals surface area (Å²) in [7, 11) is 0. The monoisotopic (exact) mass is 314 g/mol. The van der Waals surface area contributed by atoms with Gasteiger partial charge in [-0.25, -0.2) is 0 Å². The molecule has 2 unspecified atom stereocenters. The molecule has 0 aliphatic rings. The average molecular weight is 314 g/mol. The minimum absolute atomic E-state index is 0.0163. The molecule has 0 aromatic heterocycles. The molecule has 0 saturated carbocycles. The van der Waals surface area contributed by atoms with Crippen LogP contribution in [0, 0.1) is 0 Å². The molecule has 0 fully saturated rings. The Bertz CT molecular complexity index is 617. The summed E-state index contributed by atoms with van der Waals surface area (Å²) in [5, 5.41) is 38.2. The lowest BCUT2D eigenvalue weighted by molar-refractivity contribution is 0.180. The molecular formula is C19H22O4. The minimum atomic E-state index is -0.744.